The van der Waals surface area contributed by atoms with Gasteiger partial charge in [-0.05, 0) is 29.3 Å². The molecule has 0 aliphatic heterocycles. The van der Waals surface area contributed by atoms with Crippen molar-refractivity contribution in [3.63, 3.8) is 0 Å². The third-order valence-electron chi connectivity index (χ3n) is 2.07. The Morgan fingerprint density at radius 2 is 2.38 bits per heavy atom. The van der Waals surface area contributed by atoms with Crippen LogP contribution in [0.3, 0.4) is 0 Å². The number of nitrogens with one attached hydrogen (secondary N) is 1. The summed E-state index contributed by atoms with van der Waals surface area (Å²) in [5.74, 6) is 5.46. The molecule has 1 aromatic heterocycles. The average Bonchev–Trinajstić information content (AvgIpc) is 2.51. The molecule has 0 amide bonds. The van der Waals surface area contributed by atoms with Crippen molar-refractivity contribution in [1.29, 1.82) is 0 Å². The van der Waals surface area contributed by atoms with Crippen LogP contribution in [0.2, 0.25) is 0 Å². The van der Waals surface area contributed by atoms with Crippen LogP contribution in [0.5, 0.6) is 0 Å². The number of hydrogen-bond acceptors (Lipinski definition) is 3. The van der Waals surface area contributed by atoms with E-state index in [-0.39, 0.29) is 6.04 Å². The number of aromatic nitrogens is 2. The Morgan fingerprint density at radius 3 is 2.85 bits per heavy atom. The number of rotatable bonds is 4. The second-order valence-electron chi connectivity index (χ2n) is 2.82. The summed E-state index contributed by atoms with van der Waals surface area (Å²) < 4.78 is 2.96. The zero-order valence-corrected chi connectivity index (χ0v) is 9.50. The van der Waals surface area contributed by atoms with E-state index in [9.17, 15) is 0 Å². The van der Waals surface area contributed by atoms with E-state index in [1.807, 2.05) is 4.68 Å². The Labute approximate surface area is 86.6 Å². The van der Waals surface area contributed by atoms with Gasteiger partial charge in [0.15, 0.2) is 0 Å². The molecule has 0 spiro atoms. The Balaban J connectivity index is 3.01. The van der Waals surface area contributed by atoms with Gasteiger partial charge in [-0.15, -0.1) is 0 Å². The summed E-state index contributed by atoms with van der Waals surface area (Å²) >= 11 is 3.46. The first-order chi connectivity index (χ1) is 6.24. The minimum Gasteiger partial charge on any atom is -0.271 e. The predicted molar refractivity (Wildman–Crippen MR) is 56.0 cm³/mol. The van der Waals surface area contributed by atoms with E-state index < -0.39 is 0 Å². The first kappa shape index (κ1) is 10.7. The summed E-state index contributed by atoms with van der Waals surface area (Å²) in [5.41, 5.74) is 3.90. The molecule has 1 heterocycles. The largest absolute Gasteiger partial charge is 0.271 e. The normalized spacial score (nSPS) is 13.2. The van der Waals surface area contributed by atoms with Gasteiger partial charge >= 0.3 is 0 Å². The third-order valence-corrected chi connectivity index (χ3v) is 2.68. The van der Waals surface area contributed by atoms with Gasteiger partial charge in [-0.3, -0.25) is 16.0 Å². The van der Waals surface area contributed by atoms with E-state index in [1.54, 1.807) is 6.20 Å². The Morgan fingerprint density at radius 1 is 1.69 bits per heavy atom. The monoisotopic (exact) mass is 246 g/mol. The standard InChI is InChI=1S/C8H15BrN4/c1-3-7(12-10)8-6(9)5-11-13(8)4-2/h5,7,12H,3-4,10H2,1-2H3. The highest BCUT2D eigenvalue weighted by Crippen LogP contribution is 2.24. The van der Waals surface area contributed by atoms with Crippen LogP contribution in [0.25, 0.3) is 0 Å². The molecule has 0 radical (unpaired) electrons. The van der Waals surface area contributed by atoms with Gasteiger partial charge in [-0.2, -0.15) is 5.10 Å². The van der Waals surface area contributed by atoms with Crippen LogP contribution in [-0.4, -0.2) is 9.78 Å². The van der Waals surface area contributed by atoms with Gasteiger partial charge in [-0.1, -0.05) is 6.92 Å². The van der Waals surface area contributed by atoms with Crippen LogP contribution in [0.15, 0.2) is 10.7 Å². The smallest absolute Gasteiger partial charge is 0.0708 e. The maximum absolute atomic E-state index is 5.46. The molecule has 0 saturated carbocycles. The molecular formula is C8H15BrN4. The van der Waals surface area contributed by atoms with Crippen molar-refractivity contribution in [3.05, 3.63) is 16.4 Å². The predicted octanol–water partition coefficient (Wildman–Crippen LogP) is 1.58. The van der Waals surface area contributed by atoms with Crippen LogP contribution >= 0.6 is 15.9 Å². The summed E-state index contributed by atoms with van der Waals surface area (Å²) in [6, 6.07) is 0.164. The van der Waals surface area contributed by atoms with E-state index in [0.717, 1.165) is 23.1 Å². The van der Waals surface area contributed by atoms with E-state index in [1.165, 1.54) is 0 Å². The molecule has 0 bridgehead atoms. The fourth-order valence-electron chi connectivity index (χ4n) is 1.36. The van der Waals surface area contributed by atoms with Crippen LogP contribution in [-0.2, 0) is 6.54 Å². The molecule has 4 nitrogen and oxygen atoms in total. The number of aryl methyl sites for hydroxylation is 1. The zero-order chi connectivity index (χ0) is 9.84. The maximum atomic E-state index is 5.46. The highest BCUT2D eigenvalue weighted by Gasteiger charge is 2.16. The number of nitrogens with two attached hydrogens (primary N) is 1. The van der Waals surface area contributed by atoms with Gasteiger partial charge in [0.25, 0.3) is 0 Å². The molecule has 13 heavy (non-hydrogen) atoms. The minimum absolute atomic E-state index is 0.164. The lowest BCUT2D eigenvalue weighted by atomic mass is 10.1. The molecule has 0 aliphatic carbocycles. The molecule has 0 aliphatic rings. The summed E-state index contributed by atoms with van der Waals surface area (Å²) in [5, 5.41) is 4.23. The van der Waals surface area contributed by atoms with E-state index >= 15 is 0 Å². The molecular weight excluding hydrogens is 232 g/mol. The topological polar surface area (TPSA) is 55.9 Å². The fraction of sp³-hybridized carbons (Fsp3) is 0.625. The van der Waals surface area contributed by atoms with E-state index in [4.69, 9.17) is 5.84 Å². The zero-order valence-electron chi connectivity index (χ0n) is 7.92. The van der Waals surface area contributed by atoms with Crippen molar-refractivity contribution in [2.24, 2.45) is 5.84 Å². The van der Waals surface area contributed by atoms with Crippen molar-refractivity contribution in [3.8, 4) is 0 Å². The van der Waals surface area contributed by atoms with E-state index in [0.29, 0.717) is 0 Å². The molecule has 0 fully saturated rings. The average molecular weight is 247 g/mol. The van der Waals surface area contributed by atoms with Crippen LogP contribution < -0.4 is 11.3 Å². The van der Waals surface area contributed by atoms with E-state index in [2.05, 4.69) is 40.3 Å². The molecule has 3 N–H and O–H groups in total. The van der Waals surface area contributed by atoms with Crippen molar-refractivity contribution < 1.29 is 0 Å². The molecule has 1 atom stereocenters. The van der Waals surface area contributed by atoms with Gasteiger partial charge in [0.05, 0.1) is 22.4 Å². The molecule has 5 heteroatoms. The Kier molecular flexibility index (Phi) is 3.90. The van der Waals surface area contributed by atoms with Crippen LogP contribution in [0.4, 0.5) is 0 Å². The lowest BCUT2D eigenvalue weighted by Crippen LogP contribution is -2.29. The van der Waals surface area contributed by atoms with Gasteiger partial charge in [0.1, 0.15) is 0 Å². The summed E-state index contributed by atoms with van der Waals surface area (Å²) in [4.78, 5) is 0. The molecule has 74 valence electrons. The minimum atomic E-state index is 0.164. The van der Waals surface area contributed by atoms with Crippen LogP contribution in [0, 0.1) is 0 Å². The highest BCUT2D eigenvalue weighted by molar-refractivity contribution is 9.10. The second kappa shape index (κ2) is 4.74. The van der Waals surface area contributed by atoms with Gasteiger partial charge in [0.2, 0.25) is 0 Å². The lowest BCUT2D eigenvalue weighted by molar-refractivity contribution is 0.480. The van der Waals surface area contributed by atoms with Crippen molar-refractivity contribution >= 4 is 15.9 Å². The molecule has 0 saturated heterocycles. The van der Waals surface area contributed by atoms with Crippen LogP contribution in [0.1, 0.15) is 32.0 Å². The SMILES string of the molecule is CCC(NN)c1c(Br)cnn1CC. The van der Waals surface area contributed by atoms with Gasteiger partial charge in [-0.25, -0.2) is 0 Å². The molecule has 0 aromatic carbocycles. The van der Waals surface area contributed by atoms with Gasteiger partial charge in [0, 0.05) is 6.54 Å². The van der Waals surface area contributed by atoms with Crippen molar-refractivity contribution in [2.45, 2.75) is 32.9 Å². The Hall–Kier alpha value is -0.390. The maximum Gasteiger partial charge on any atom is 0.0708 e. The molecule has 1 aromatic rings. The number of nitrogens with zero attached hydrogens (tertiary/aromatic N) is 2. The number of halogens is 1. The third kappa shape index (κ3) is 2.10. The fourth-order valence-corrected chi connectivity index (χ4v) is 1.93. The van der Waals surface area contributed by atoms with Gasteiger partial charge < -0.3 is 0 Å². The second-order valence-corrected chi connectivity index (χ2v) is 3.68. The highest BCUT2D eigenvalue weighted by atomic mass is 79.9. The summed E-state index contributed by atoms with van der Waals surface area (Å²) in [6.45, 7) is 5.01. The molecule has 1 rings (SSSR count). The number of hydrogen-bond donors (Lipinski definition) is 2. The van der Waals surface area contributed by atoms with Crippen molar-refractivity contribution in [1.82, 2.24) is 15.2 Å². The summed E-state index contributed by atoms with van der Waals surface area (Å²) in [6.07, 6.45) is 2.75. The first-order valence-corrected chi connectivity index (χ1v) is 5.21. The lowest BCUT2D eigenvalue weighted by Gasteiger charge is -2.15. The quantitative estimate of drug-likeness (QED) is 0.627. The van der Waals surface area contributed by atoms with Crippen molar-refractivity contribution in [2.75, 3.05) is 0 Å². The first-order valence-electron chi connectivity index (χ1n) is 4.41. The summed E-state index contributed by atoms with van der Waals surface area (Å²) in [7, 11) is 0. The Bertz CT molecular complexity index is 267. The molecule has 1 unspecified atom stereocenters. The number of hydrazine groups is 1.